The Hall–Kier alpha value is -3.21. The largest absolute Gasteiger partial charge is 0.454 e. The zero-order valence-corrected chi connectivity index (χ0v) is 19.6. The van der Waals surface area contributed by atoms with Gasteiger partial charge in [-0.2, -0.15) is 0 Å². The second-order valence-corrected chi connectivity index (χ2v) is 8.77. The molecule has 0 aliphatic carbocycles. The van der Waals surface area contributed by atoms with Gasteiger partial charge < -0.3 is 14.4 Å². The Labute approximate surface area is 199 Å². The van der Waals surface area contributed by atoms with Gasteiger partial charge in [-0.1, -0.05) is 23.5 Å². The highest BCUT2D eigenvalue weighted by molar-refractivity contribution is 7.22. The van der Waals surface area contributed by atoms with Crippen LogP contribution in [0.3, 0.4) is 0 Å². The highest BCUT2D eigenvalue weighted by Crippen LogP contribution is 2.39. The van der Waals surface area contributed by atoms with Crippen molar-refractivity contribution < 1.29 is 23.9 Å². The van der Waals surface area contributed by atoms with Gasteiger partial charge in [0.1, 0.15) is 6.54 Å². The van der Waals surface area contributed by atoms with Crippen LogP contribution in [-0.2, 0) is 4.79 Å². The van der Waals surface area contributed by atoms with E-state index in [2.05, 4.69) is 4.98 Å². The molecule has 0 saturated heterocycles. The summed E-state index contributed by atoms with van der Waals surface area (Å²) in [5.74, 6) is -0.0278. The lowest BCUT2D eigenvalue weighted by Gasteiger charge is -2.24. The van der Waals surface area contributed by atoms with E-state index in [1.54, 1.807) is 30.3 Å². The lowest BCUT2D eigenvalue weighted by Crippen LogP contribution is -2.45. The minimum atomic E-state index is -0.457. The molecule has 0 radical (unpaired) electrons. The molecule has 0 atom stereocenters. The molecule has 9 nitrogen and oxygen atoms in total. The highest BCUT2D eigenvalue weighted by Gasteiger charge is 2.37. The molecule has 0 saturated carbocycles. The summed E-state index contributed by atoms with van der Waals surface area (Å²) in [6.07, 6.45) is 0. The van der Waals surface area contributed by atoms with E-state index in [1.165, 1.54) is 16.2 Å². The monoisotopic (exact) mass is 488 g/mol. The van der Waals surface area contributed by atoms with Crippen LogP contribution in [0, 0.1) is 0 Å². The van der Waals surface area contributed by atoms with Crippen LogP contribution >= 0.6 is 23.7 Å². The van der Waals surface area contributed by atoms with Crippen LogP contribution < -0.4 is 14.4 Å². The SMILES string of the molecule is CN(C)CCN(C(=O)CN1C(=O)c2ccccc2C1=O)c1nc2cc3c(cc2s1)OCO3.Cl. The van der Waals surface area contributed by atoms with Crippen molar-refractivity contribution in [2.24, 2.45) is 0 Å². The molecular weight excluding hydrogens is 468 g/mol. The van der Waals surface area contributed by atoms with Crippen LogP contribution in [0.15, 0.2) is 36.4 Å². The fourth-order valence-electron chi connectivity index (χ4n) is 3.65. The number of carbonyl (C=O) groups is 3. The fraction of sp³-hybridized carbons (Fsp3) is 0.273. The lowest BCUT2D eigenvalue weighted by atomic mass is 10.1. The summed E-state index contributed by atoms with van der Waals surface area (Å²) in [4.78, 5) is 47.8. The first kappa shape index (κ1) is 23.0. The second kappa shape index (κ2) is 8.97. The van der Waals surface area contributed by atoms with E-state index >= 15 is 0 Å². The van der Waals surface area contributed by atoms with Crippen LogP contribution in [0.4, 0.5) is 5.13 Å². The number of thiazole rings is 1. The summed E-state index contributed by atoms with van der Waals surface area (Å²) in [6, 6.07) is 10.2. The predicted molar refractivity (Wildman–Crippen MR) is 126 cm³/mol. The van der Waals surface area contributed by atoms with E-state index in [0.29, 0.717) is 46.4 Å². The third kappa shape index (κ3) is 4.12. The summed E-state index contributed by atoms with van der Waals surface area (Å²) in [5.41, 5.74) is 1.33. The Balaban J connectivity index is 0.00000259. The molecule has 2 aliphatic rings. The Morgan fingerprint density at radius 1 is 1.06 bits per heavy atom. The number of benzene rings is 2. The number of carbonyl (C=O) groups excluding carboxylic acids is 3. The molecule has 33 heavy (non-hydrogen) atoms. The first-order valence-corrected chi connectivity index (χ1v) is 10.8. The van der Waals surface area contributed by atoms with Gasteiger partial charge >= 0.3 is 0 Å². The number of aromatic nitrogens is 1. The molecule has 172 valence electrons. The van der Waals surface area contributed by atoms with Gasteiger partial charge in [0.05, 0.1) is 21.3 Å². The van der Waals surface area contributed by atoms with Gasteiger partial charge in [-0.25, -0.2) is 4.98 Å². The standard InChI is InChI=1S/C22H20N4O5S.ClH/c1-24(2)7-8-25(22-23-15-9-16-17(31-12-30-16)10-18(15)32-22)19(27)11-26-20(28)13-5-3-4-6-14(13)21(26)29;/h3-6,9-10H,7-8,11-12H2,1-2H3;1H. The Morgan fingerprint density at radius 3 is 2.33 bits per heavy atom. The minimum absolute atomic E-state index is 0. The summed E-state index contributed by atoms with van der Waals surface area (Å²) in [7, 11) is 3.81. The third-order valence-electron chi connectivity index (χ3n) is 5.35. The Kier molecular flexibility index (Phi) is 6.24. The molecule has 3 amide bonds. The average molecular weight is 489 g/mol. The van der Waals surface area contributed by atoms with Gasteiger partial charge in [-0.3, -0.25) is 24.2 Å². The molecule has 0 N–H and O–H groups in total. The third-order valence-corrected chi connectivity index (χ3v) is 6.39. The molecular formula is C22H21ClN4O5S. The molecule has 0 unspecified atom stereocenters. The van der Waals surface area contributed by atoms with Gasteiger partial charge in [-0.05, 0) is 26.2 Å². The van der Waals surface area contributed by atoms with Crippen molar-refractivity contribution in [2.75, 3.05) is 45.4 Å². The summed E-state index contributed by atoms with van der Waals surface area (Å²) in [5, 5.41) is 0.493. The number of hydrogen-bond donors (Lipinski definition) is 0. The zero-order chi connectivity index (χ0) is 22.4. The minimum Gasteiger partial charge on any atom is -0.454 e. The smallest absolute Gasteiger partial charge is 0.262 e. The normalized spacial score (nSPS) is 14.1. The number of ether oxygens (including phenoxy) is 2. The zero-order valence-electron chi connectivity index (χ0n) is 17.9. The van der Waals surface area contributed by atoms with E-state index in [-0.39, 0.29) is 31.7 Å². The quantitative estimate of drug-likeness (QED) is 0.492. The maximum absolute atomic E-state index is 13.3. The van der Waals surface area contributed by atoms with Crippen molar-refractivity contribution in [3.63, 3.8) is 0 Å². The Morgan fingerprint density at radius 2 is 1.70 bits per heavy atom. The summed E-state index contributed by atoms with van der Waals surface area (Å²) < 4.78 is 11.7. The lowest BCUT2D eigenvalue weighted by molar-refractivity contribution is -0.119. The molecule has 3 heterocycles. The number of anilines is 1. The van der Waals surface area contributed by atoms with Crippen molar-refractivity contribution in [3.8, 4) is 11.5 Å². The molecule has 3 aromatic rings. The van der Waals surface area contributed by atoms with Gasteiger partial charge in [0.25, 0.3) is 11.8 Å². The van der Waals surface area contributed by atoms with Gasteiger partial charge in [0.2, 0.25) is 12.7 Å². The maximum atomic E-state index is 13.3. The molecule has 0 fully saturated rings. The van der Waals surface area contributed by atoms with Gasteiger partial charge in [0, 0.05) is 25.2 Å². The Bertz CT molecular complexity index is 1180. The van der Waals surface area contributed by atoms with Gasteiger partial charge in [0.15, 0.2) is 16.6 Å². The number of hydrogen-bond acceptors (Lipinski definition) is 8. The number of fused-ring (bicyclic) bond motifs is 3. The number of halogens is 1. The molecule has 2 aliphatic heterocycles. The number of rotatable bonds is 6. The van der Waals surface area contributed by atoms with Crippen molar-refractivity contribution in [1.29, 1.82) is 0 Å². The van der Waals surface area contributed by atoms with Crippen molar-refractivity contribution in [2.45, 2.75) is 0 Å². The van der Waals surface area contributed by atoms with Crippen molar-refractivity contribution in [1.82, 2.24) is 14.8 Å². The maximum Gasteiger partial charge on any atom is 0.262 e. The van der Waals surface area contributed by atoms with Crippen LogP contribution in [0.1, 0.15) is 20.7 Å². The van der Waals surface area contributed by atoms with Crippen molar-refractivity contribution in [3.05, 3.63) is 47.5 Å². The molecule has 5 rings (SSSR count). The second-order valence-electron chi connectivity index (χ2n) is 7.76. The van der Waals surface area contributed by atoms with Gasteiger partial charge in [-0.15, -0.1) is 12.4 Å². The fourth-order valence-corrected chi connectivity index (χ4v) is 4.67. The van der Waals surface area contributed by atoms with E-state index in [1.807, 2.05) is 25.1 Å². The van der Waals surface area contributed by atoms with E-state index in [9.17, 15) is 14.4 Å². The van der Waals surface area contributed by atoms with E-state index < -0.39 is 11.8 Å². The molecule has 0 spiro atoms. The predicted octanol–water partition coefficient (Wildman–Crippen LogP) is 2.64. The number of amides is 3. The summed E-state index contributed by atoms with van der Waals surface area (Å²) in [6.45, 7) is 0.777. The first-order valence-electron chi connectivity index (χ1n) is 10.0. The number of nitrogens with zero attached hydrogens (tertiary/aromatic N) is 4. The van der Waals surface area contributed by atoms with Crippen LogP contribution in [0.5, 0.6) is 11.5 Å². The molecule has 11 heteroatoms. The molecule has 0 bridgehead atoms. The summed E-state index contributed by atoms with van der Waals surface area (Å²) >= 11 is 1.35. The topological polar surface area (TPSA) is 92.3 Å². The first-order chi connectivity index (χ1) is 15.4. The van der Waals surface area contributed by atoms with Crippen LogP contribution in [-0.4, -0.2) is 73.0 Å². The number of likely N-dealkylation sites (N-methyl/N-ethyl adjacent to an activating group) is 1. The van der Waals surface area contributed by atoms with Crippen LogP contribution in [0.25, 0.3) is 10.2 Å². The highest BCUT2D eigenvalue weighted by atomic mass is 35.5. The van der Waals surface area contributed by atoms with E-state index in [0.717, 1.165) is 9.60 Å². The number of imide groups is 1. The molecule has 2 aromatic carbocycles. The molecule has 1 aromatic heterocycles. The van der Waals surface area contributed by atoms with Crippen molar-refractivity contribution >= 4 is 56.8 Å². The van der Waals surface area contributed by atoms with Crippen LogP contribution in [0.2, 0.25) is 0 Å². The van der Waals surface area contributed by atoms with E-state index in [4.69, 9.17) is 9.47 Å². The average Bonchev–Trinajstić information content (AvgIpc) is 3.45.